The molecule has 5 heteroatoms. The lowest BCUT2D eigenvalue weighted by atomic mass is 9.88. The fourth-order valence-corrected chi connectivity index (χ4v) is 2.45. The minimum atomic E-state index is -1.04. The number of aliphatic carboxylic acids is 1. The van der Waals surface area contributed by atoms with Crippen LogP contribution in [-0.2, 0) is 9.53 Å². The van der Waals surface area contributed by atoms with Gasteiger partial charge in [0.25, 0.3) is 0 Å². The van der Waals surface area contributed by atoms with Crippen LogP contribution in [0.3, 0.4) is 0 Å². The van der Waals surface area contributed by atoms with Crippen LogP contribution in [0.2, 0.25) is 0 Å². The molecule has 1 rings (SSSR count). The van der Waals surface area contributed by atoms with Gasteiger partial charge in [0.2, 0.25) is 0 Å². The summed E-state index contributed by atoms with van der Waals surface area (Å²) < 4.78 is 5.13. The van der Waals surface area contributed by atoms with Crippen molar-refractivity contribution in [3.05, 3.63) is 12.2 Å². The molecule has 1 saturated carbocycles. The van der Waals surface area contributed by atoms with E-state index >= 15 is 0 Å². The number of carboxylic acid groups (broad SMARTS) is 1. The summed E-state index contributed by atoms with van der Waals surface area (Å²) in [7, 11) is 0. The average Bonchev–Trinajstić information content (AvgIpc) is 2.48. The zero-order chi connectivity index (χ0) is 15.3. The molecule has 0 unspecified atom stereocenters. The third kappa shape index (κ3) is 5.23. The van der Waals surface area contributed by atoms with Gasteiger partial charge in [0.05, 0.1) is 0 Å². The van der Waals surface area contributed by atoms with E-state index in [4.69, 9.17) is 4.74 Å². The highest BCUT2D eigenvalue weighted by atomic mass is 16.6. The van der Waals surface area contributed by atoms with E-state index in [0.29, 0.717) is 0 Å². The van der Waals surface area contributed by atoms with Crippen LogP contribution in [-0.4, -0.2) is 28.8 Å². The van der Waals surface area contributed by atoms with Gasteiger partial charge in [0.1, 0.15) is 11.6 Å². The summed E-state index contributed by atoms with van der Waals surface area (Å²) in [4.78, 5) is 23.2. The van der Waals surface area contributed by atoms with Crippen molar-refractivity contribution in [2.75, 3.05) is 0 Å². The first-order valence-electron chi connectivity index (χ1n) is 7.10. The molecule has 0 aromatic rings. The summed E-state index contributed by atoms with van der Waals surface area (Å²) in [5.41, 5.74) is 0.263. The Labute approximate surface area is 120 Å². The van der Waals surface area contributed by atoms with Gasteiger partial charge < -0.3 is 15.2 Å². The molecular formula is C15H25NO4. The van der Waals surface area contributed by atoms with Gasteiger partial charge in [0.15, 0.2) is 0 Å². The number of carbonyl (C=O) groups excluding carboxylic acids is 1. The summed E-state index contributed by atoms with van der Waals surface area (Å²) in [6, 6.07) is -0.963. The molecule has 0 heterocycles. The minimum absolute atomic E-state index is 0.220. The Hall–Kier alpha value is -1.52. The van der Waals surface area contributed by atoms with E-state index in [1.54, 1.807) is 20.8 Å². The third-order valence-electron chi connectivity index (χ3n) is 3.38. The smallest absolute Gasteiger partial charge is 0.408 e. The van der Waals surface area contributed by atoms with E-state index in [1.807, 2.05) is 0 Å². The molecule has 5 nitrogen and oxygen atoms in total. The Morgan fingerprint density at radius 3 is 2.55 bits per heavy atom. The van der Waals surface area contributed by atoms with Gasteiger partial charge in [-0.2, -0.15) is 0 Å². The van der Waals surface area contributed by atoms with Crippen LogP contribution in [0.1, 0.15) is 52.9 Å². The standard InChI is InChI=1S/C15H25NO4/c1-10-8-6-5-7-9-11(10)12(13(17)18)16-14(19)20-15(2,3)4/h11-12H,1,5-9H2,2-4H3,(H,16,19)(H,17,18)/t11-,12+/m1/s1. The zero-order valence-electron chi connectivity index (χ0n) is 12.6. The van der Waals surface area contributed by atoms with Crippen molar-refractivity contribution < 1.29 is 19.4 Å². The van der Waals surface area contributed by atoms with Crippen molar-refractivity contribution in [1.29, 1.82) is 0 Å². The van der Waals surface area contributed by atoms with Gasteiger partial charge in [-0.1, -0.05) is 25.0 Å². The van der Waals surface area contributed by atoms with Gasteiger partial charge in [0, 0.05) is 5.92 Å². The van der Waals surface area contributed by atoms with E-state index < -0.39 is 23.7 Å². The highest BCUT2D eigenvalue weighted by Crippen LogP contribution is 2.29. The summed E-state index contributed by atoms with van der Waals surface area (Å²) >= 11 is 0. The molecular weight excluding hydrogens is 258 g/mol. The molecule has 1 aliphatic rings. The van der Waals surface area contributed by atoms with E-state index in [-0.39, 0.29) is 5.92 Å². The van der Waals surface area contributed by atoms with Crippen LogP contribution in [0.15, 0.2) is 12.2 Å². The maximum absolute atomic E-state index is 11.8. The maximum Gasteiger partial charge on any atom is 0.408 e. The van der Waals surface area contributed by atoms with Crippen molar-refractivity contribution >= 4 is 12.1 Å². The van der Waals surface area contributed by atoms with Gasteiger partial charge in [-0.25, -0.2) is 9.59 Å². The van der Waals surface area contributed by atoms with Gasteiger partial charge >= 0.3 is 12.1 Å². The summed E-state index contributed by atoms with van der Waals surface area (Å²) in [5, 5.41) is 11.9. The molecule has 1 fully saturated rings. The van der Waals surface area contributed by atoms with E-state index in [9.17, 15) is 14.7 Å². The van der Waals surface area contributed by atoms with E-state index in [0.717, 1.165) is 37.7 Å². The fourth-order valence-electron chi connectivity index (χ4n) is 2.45. The van der Waals surface area contributed by atoms with Crippen LogP contribution in [0.25, 0.3) is 0 Å². The van der Waals surface area contributed by atoms with E-state index in [2.05, 4.69) is 11.9 Å². The normalized spacial score (nSPS) is 21.8. The Kier molecular flexibility index (Phi) is 5.60. The summed E-state index contributed by atoms with van der Waals surface area (Å²) in [6.07, 6.45) is 3.95. The van der Waals surface area contributed by atoms with Crippen molar-refractivity contribution in [2.24, 2.45) is 5.92 Å². The van der Waals surface area contributed by atoms with Crippen LogP contribution in [0.5, 0.6) is 0 Å². The predicted molar refractivity (Wildman–Crippen MR) is 76.5 cm³/mol. The van der Waals surface area contributed by atoms with E-state index in [1.165, 1.54) is 0 Å². The number of carbonyl (C=O) groups is 2. The molecule has 1 amide bonds. The number of amides is 1. The topological polar surface area (TPSA) is 75.6 Å². The number of rotatable bonds is 3. The van der Waals surface area contributed by atoms with Gasteiger partial charge in [-0.15, -0.1) is 0 Å². The summed E-state index contributed by atoms with van der Waals surface area (Å²) in [5.74, 6) is -1.26. The molecule has 2 atom stereocenters. The lowest BCUT2D eigenvalue weighted by Gasteiger charge is -2.27. The number of nitrogens with one attached hydrogen (secondary N) is 1. The Morgan fingerprint density at radius 1 is 1.35 bits per heavy atom. The van der Waals surface area contributed by atoms with Gasteiger partial charge in [-0.05, 0) is 40.0 Å². The highest BCUT2D eigenvalue weighted by molar-refractivity contribution is 5.80. The second kappa shape index (κ2) is 6.77. The molecule has 0 bridgehead atoms. The Morgan fingerprint density at radius 2 is 2.00 bits per heavy atom. The molecule has 20 heavy (non-hydrogen) atoms. The minimum Gasteiger partial charge on any atom is -0.480 e. The lowest BCUT2D eigenvalue weighted by Crippen LogP contribution is -2.48. The number of hydrogen-bond donors (Lipinski definition) is 2. The Balaban J connectivity index is 2.75. The SMILES string of the molecule is C=C1CCCCC[C@H]1[C@H](NC(=O)OC(C)(C)C)C(=O)O. The van der Waals surface area contributed by atoms with Crippen molar-refractivity contribution in [3.63, 3.8) is 0 Å². The highest BCUT2D eigenvalue weighted by Gasteiger charge is 2.33. The molecule has 0 radical (unpaired) electrons. The largest absolute Gasteiger partial charge is 0.480 e. The molecule has 0 aromatic heterocycles. The molecule has 0 aliphatic heterocycles. The molecule has 2 N–H and O–H groups in total. The van der Waals surface area contributed by atoms with Crippen molar-refractivity contribution in [3.8, 4) is 0 Å². The number of alkyl carbamates (subject to hydrolysis) is 1. The average molecular weight is 283 g/mol. The predicted octanol–water partition coefficient (Wildman–Crippen LogP) is 3.10. The van der Waals surface area contributed by atoms with Crippen LogP contribution < -0.4 is 5.32 Å². The van der Waals surface area contributed by atoms with Gasteiger partial charge in [-0.3, -0.25) is 0 Å². The Bertz CT molecular complexity index is 384. The van der Waals surface area contributed by atoms with Crippen molar-refractivity contribution in [2.45, 2.75) is 64.5 Å². The summed E-state index contributed by atoms with van der Waals surface area (Å²) in [6.45, 7) is 9.21. The first-order chi connectivity index (χ1) is 9.20. The molecule has 1 aliphatic carbocycles. The maximum atomic E-state index is 11.8. The monoisotopic (exact) mass is 283 g/mol. The molecule has 0 saturated heterocycles. The molecule has 0 spiro atoms. The lowest BCUT2D eigenvalue weighted by molar-refractivity contribution is -0.140. The third-order valence-corrected chi connectivity index (χ3v) is 3.38. The quantitative estimate of drug-likeness (QED) is 0.616. The molecule has 0 aromatic carbocycles. The van der Waals surface area contributed by atoms with Crippen LogP contribution in [0.4, 0.5) is 4.79 Å². The number of hydrogen-bond acceptors (Lipinski definition) is 3. The number of ether oxygens (including phenoxy) is 1. The second-order valence-electron chi connectivity index (χ2n) is 6.33. The van der Waals surface area contributed by atoms with Crippen LogP contribution >= 0.6 is 0 Å². The second-order valence-corrected chi connectivity index (χ2v) is 6.33. The fraction of sp³-hybridized carbons (Fsp3) is 0.733. The first kappa shape index (κ1) is 16.5. The number of carboxylic acids is 1. The first-order valence-corrected chi connectivity index (χ1v) is 7.10. The van der Waals surface area contributed by atoms with Crippen molar-refractivity contribution in [1.82, 2.24) is 5.32 Å². The van der Waals surface area contributed by atoms with Crippen LogP contribution in [0, 0.1) is 5.92 Å². The molecule has 114 valence electrons. The zero-order valence-corrected chi connectivity index (χ0v) is 12.6.